The van der Waals surface area contributed by atoms with Crippen molar-refractivity contribution >= 4 is 13.8 Å². The first kappa shape index (κ1) is 30.2. The summed E-state index contributed by atoms with van der Waals surface area (Å²) in [5, 5.41) is 22.0. The summed E-state index contributed by atoms with van der Waals surface area (Å²) >= 11 is 0. The van der Waals surface area contributed by atoms with Crippen LogP contribution in [0.25, 0.3) is 0 Å². The number of carbonyl (C=O) groups is 1. The van der Waals surface area contributed by atoms with Crippen LogP contribution in [-0.4, -0.2) is 97.2 Å². The Labute approximate surface area is 263 Å². The smallest absolute Gasteiger partial charge is 0.493 e. The topological polar surface area (TPSA) is 207 Å². The van der Waals surface area contributed by atoms with E-state index in [4.69, 9.17) is 47.2 Å². The second kappa shape index (κ2) is 11.8. The van der Waals surface area contributed by atoms with Crippen molar-refractivity contribution in [2.75, 3.05) is 34.2 Å². The fourth-order valence-electron chi connectivity index (χ4n) is 6.69. The molecule has 4 aliphatic heterocycles. The van der Waals surface area contributed by atoms with Gasteiger partial charge in [-0.2, -0.15) is 0 Å². The summed E-state index contributed by atoms with van der Waals surface area (Å²) in [6.07, 6.45) is -7.76. The number of phosphoric acid groups is 1. The van der Waals surface area contributed by atoms with E-state index in [0.717, 1.165) is 0 Å². The van der Waals surface area contributed by atoms with E-state index >= 15 is 0 Å². The number of phosphoric ester groups is 1. The van der Waals surface area contributed by atoms with E-state index in [9.17, 15) is 30.7 Å². The van der Waals surface area contributed by atoms with E-state index in [1.54, 1.807) is 19.1 Å². The normalized spacial score (nSPS) is 36.5. The molecule has 0 radical (unpaired) electrons. The zero-order valence-corrected chi connectivity index (χ0v) is 25.7. The average molecular weight is 670 g/mol. The van der Waals surface area contributed by atoms with Gasteiger partial charge in [0.25, 0.3) is 0 Å². The Morgan fingerprint density at radius 1 is 0.935 bits per heavy atom. The minimum atomic E-state index is -5.05. The number of aliphatic hydroxyl groups is 2. The van der Waals surface area contributed by atoms with Crippen LogP contribution in [0, 0.1) is 11.8 Å². The first-order valence-corrected chi connectivity index (χ1v) is 15.9. The van der Waals surface area contributed by atoms with Crippen LogP contribution in [0.4, 0.5) is 0 Å². The molecule has 250 valence electrons. The second-order valence-electron chi connectivity index (χ2n) is 11.3. The van der Waals surface area contributed by atoms with E-state index in [2.05, 4.69) is 0 Å². The number of benzene rings is 2. The number of methoxy groups -OCH3 is 2. The van der Waals surface area contributed by atoms with Crippen LogP contribution in [0.5, 0.6) is 28.7 Å². The number of ether oxygens (including phenoxy) is 9. The number of hydrogen-bond acceptors (Lipinski definition) is 14. The molecule has 16 nitrogen and oxygen atoms in total. The Kier molecular flexibility index (Phi) is 7.75. The van der Waals surface area contributed by atoms with Crippen LogP contribution >= 0.6 is 7.82 Å². The fraction of sp³-hybridized carbons (Fsp3) is 0.552. The molecule has 5 aliphatic rings. The zero-order valence-electron chi connectivity index (χ0n) is 25.8. The van der Waals surface area contributed by atoms with Crippen molar-refractivity contribution in [3.63, 3.8) is 0 Å². The Bertz CT molecular complexity index is 1590. The molecule has 2 aromatic rings. The molecule has 46 heavy (non-hydrogen) atoms. The van der Waals surface area contributed by atoms with Crippen LogP contribution in [0.3, 0.4) is 0 Å². The largest absolute Gasteiger partial charge is 0.525 e. The maximum atomic E-state index is 13.6. The van der Waals surface area contributed by atoms with E-state index in [0.29, 0.717) is 22.6 Å². The van der Waals surface area contributed by atoms with Crippen molar-refractivity contribution in [1.29, 1.82) is 0 Å². The van der Waals surface area contributed by atoms with Gasteiger partial charge in [0.2, 0.25) is 12.5 Å². The minimum Gasteiger partial charge on any atom is -0.493 e. The maximum absolute atomic E-state index is 13.6. The third-order valence-electron chi connectivity index (χ3n) is 8.69. The third kappa shape index (κ3) is 5.37. The average Bonchev–Trinajstić information content (AvgIpc) is 3.61. The van der Waals surface area contributed by atoms with Gasteiger partial charge in [0.15, 0.2) is 35.6 Å². The zero-order chi connectivity index (χ0) is 33.4. The highest BCUT2D eigenvalue weighted by molar-refractivity contribution is 7.46. The second-order valence-corrected chi connectivity index (χ2v) is 12.5. The van der Waals surface area contributed by atoms with Crippen molar-refractivity contribution in [3.05, 3.63) is 41.0 Å². The Morgan fingerprint density at radius 2 is 1.61 bits per heavy atom. The van der Waals surface area contributed by atoms with Crippen molar-refractivity contribution in [2.45, 2.75) is 55.9 Å². The quantitative estimate of drug-likeness (QED) is 0.240. The summed E-state index contributed by atoms with van der Waals surface area (Å²) < 4.78 is 77.6. The number of aliphatic hydroxyl groups excluding tert-OH is 2. The minimum absolute atomic E-state index is 0.0658. The van der Waals surface area contributed by atoms with Gasteiger partial charge in [0, 0.05) is 13.2 Å². The molecule has 0 bridgehead atoms. The first-order valence-electron chi connectivity index (χ1n) is 14.9. The van der Waals surface area contributed by atoms with Crippen LogP contribution in [0.15, 0.2) is 24.3 Å². The molecule has 0 amide bonds. The summed E-state index contributed by atoms with van der Waals surface area (Å²) in [6, 6.07) is 6.05. The van der Waals surface area contributed by atoms with Gasteiger partial charge in [-0.25, -0.2) is 4.57 Å². The molecule has 17 heteroatoms. The highest BCUT2D eigenvalue weighted by atomic mass is 31.2. The van der Waals surface area contributed by atoms with Gasteiger partial charge in [-0.15, -0.1) is 0 Å². The van der Waals surface area contributed by atoms with Crippen molar-refractivity contribution in [1.82, 2.24) is 0 Å². The number of rotatable bonds is 7. The molecule has 10 atom stereocenters. The molecule has 3 saturated heterocycles. The lowest BCUT2D eigenvalue weighted by Gasteiger charge is -2.47. The van der Waals surface area contributed by atoms with Crippen molar-refractivity contribution in [3.8, 4) is 28.7 Å². The Morgan fingerprint density at radius 3 is 2.26 bits per heavy atom. The molecule has 7 rings (SSSR count). The van der Waals surface area contributed by atoms with Crippen molar-refractivity contribution < 1.29 is 77.9 Å². The lowest BCUT2D eigenvalue weighted by Crippen LogP contribution is -2.63. The van der Waals surface area contributed by atoms with Crippen molar-refractivity contribution in [2.24, 2.45) is 11.8 Å². The van der Waals surface area contributed by atoms with Gasteiger partial charge in [-0.1, -0.05) is 0 Å². The molecule has 4 heterocycles. The Hall–Kier alpha value is -3.18. The van der Waals surface area contributed by atoms with Gasteiger partial charge in [-0.3, -0.25) is 14.6 Å². The highest BCUT2D eigenvalue weighted by Gasteiger charge is 2.56. The van der Waals surface area contributed by atoms with Gasteiger partial charge >= 0.3 is 13.8 Å². The van der Waals surface area contributed by atoms with E-state index in [-0.39, 0.29) is 42.8 Å². The predicted molar refractivity (Wildman–Crippen MR) is 149 cm³/mol. The number of cyclic esters (lactones) is 1. The van der Waals surface area contributed by atoms with Gasteiger partial charge in [0.1, 0.15) is 24.4 Å². The van der Waals surface area contributed by atoms with E-state index in [1.165, 1.54) is 26.4 Å². The summed E-state index contributed by atoms with van der Waals surface area (Å²) in [6.45, 7) is 1.40. The third-order valence-corrected chi connectivity index (χ3v) is 9.11. The lowest BCUT2D eigenvalue weighted by atomic mass is 9.66. The standard InChI is InChI=1S/C29H33O16P/c1-11-38-9-20-27(42-11)23(30)24(31)29(43-20)44-25-14-7-17-16(40-10-41-17)6-13(14)21(22-15(25)8-39-28(22)32)12-4-18(36-2)26(19(5-12)37-3)45-46(33,34)35/h4-7,11,15,20-25,27,29-31H,8-10H2,1-3H3,(H2,33,34,35)/t11-,15+,20-,21-,22+,23-,24-,25-,27-,29+/m1/s1/i22D. The van der Waals surface area contributed by atoms with Gasteiger partial charge in [0.05, 0.1) is 39.4 Å². The van der Waals surface area contributed by atoms with E-state index in [1.807, 2.05) is 0 Å². The summed E-state index contributed by atoms with van der Waals surface area (Å²) in [5.74, 6) is -5.00. The Balaban J connectivity index is 1.35. The fourth-order valence-corrected chi connectivity index (χ4v) is 7.10. The SMILES string of the molecule is [2H][C@]12C(=O)OC[C@@H]1[C@H](O[C@@H]1O[C@@H]3CO[C@@H](C)O[C@H]3[C@H](O)[C@H]1O)c1cc3c(cc1[C@H]2c1cc(OC)c(OP(=O)(O)O)c(OC)c1)OCO3. The summed E-state index contributed by atoms with van der Waals surface area (Å²) in [5.41, 5.74) is 1.13. The molecule has 0 saturated carbocycles. The van der Waals surface area contributed by atoms with E-state index < -0.39 is 74.6 Å². The number of esters is 1. The van der Waals surface area contributed by atoms with Gasteiger partial charge in [-0.05, 0) is 47.9 Å². The molecule has 2 aromatic carbocycles. The molecule has 3 fully saturated rings. The van der Waals surface area contributed by atoms with Crippen LogP contribution < -0.4 is 23.5 Å². The monoisotopic (exact) mass is 669 g/mol. The van der Waals surface area contributed by atoms with Crippen LogP contribution in [-0.2, 0) is 33.0 Å². The number of fused-ring (bicyclic) bond motifs is 4. The predicted octanol–water partition coefficient (Wildman–Crippen LogP) is 1.10. The number of carbonyl (C=O) groups excluding carboxylic acids is 1. The molecule has 4 N–H and O–H groups in total. The molecule has 1 aliphatic carbocycles. The summed E-state index contributed by atoms with van der Waals surface area (Å²) in [7, 11) is -2.55. The molecule has 0 aromatic heterocycles. The maximum Gasteiger partial charge on any atom is 0.525 e. The first-order chi connectivity index (χ1) is 22.3. The molecule has 0 unspecified atom stereocenters. The van der Waals surface area contributed by atoms with Crippen LogP contribution in [0.2, 0.25) is 0 Å². The summed E-state index contributed by atoms with van der Waals surface area (Å²) in [4.78, 5) is 32.7. The number of hydrogen-bond donors (Lipinski definition) is 4. The van der Waals surface area contributed by atoms with Crippen LogP contribution in [0.1, 0.15) is 37.0 Å². The highest BCUT2D eigenvalue weighted by Crippen LogP contribution is 2.57. The molecular weight excluding hydrogens is 635 g/mol. The molecular formula is C29H33O16P. The van der Waals surface area contributed by atoms with Gasteiger partial charge < -0.3 is 57.4 Å². The molecule has 0 spiro atoms. The lowest BCUT2D eigenvalue weighted by molar-refractivity contribution is -0.364.